The standard InChI is InChI=1S/C25H14Cl2F6N6O4S2/c26-16-9-13(24(28,29)30)3-7-19(16)44(40,41)38-15-5-1-12(2-6-15)18-11-34-21-22(35-18)36-37-23(21)39-45(42,43)20-8-4-14(10-17(20)27)25(31,32)33/h1-11,38H,(H2,35,36,37,39). The van der Waals surface area contributed by atoms with E-state index in [0.717, 1.165) is 6.07 Å². The monoisotopic (exact) mass is 710 g/mol. The van der Waals surface area contributed by atoms with Crippen LogP contribution < -0.4 is 9.44 Å². The fourth-order valence-corrected chi connectivity index (χ4v) is 7.06. The molecular formula is C25H14Cl2F6N6O4S2. The summed E-state index contributed by atoms with van der Waals surface area (Å²) in [7, 11) is -8.86. The number of nitrogens with one attached hydrogen (secondary N) is 3. The lowest BCUT2D eigenvalue weighted by atomic mass is 10.1. The van der Waals surface area contributed by atoms with Crippen molar-refractivity contribution in [3.63, 3.8) is 0 Å². The zero-order chi connectivity index (χ0) is 32.9. The number of rotatable bonds is 7. The first-order valence-electron chi connectivity index (χ1n) is 12.0. The maximum absolute atomic E-state index is 12.9. The lowest BCUT2D eigenvalue weighted by Crippen LogP contribution is -2.15. The third kappa shape index (κ3) is 6.77. The number of aromatic nitrogens is 4. The molecule has 45 heavy (non-hydrogen) atoms. The van der Waals surface area contributed by atoms with Crippen LogP contribution in [0.1, 0.15) is 11.1 Å². The van der Waals surface area contributed by atoms with E-state index in [1.165, 1.54) is 30.5 Å². The first-order chi connectivity index (χ1) is 20.8. The van der Waals surface area contributed by atoms with Crippen molar-refractivity contribution in [2.24, 2.45) is 0 Å². The molecule has 0 spiro atoms. The van der Waals surface area contributed by atoms with E-state index in [-0.39, 0.29) is 28.4 Å². The smallest absolute Gasteiger partial charge is 0.280 e. The van der Waals surface area contributed by atoms with Gasteiger partial charge in [-0.1, -0.05) is 35.3 Å². The summed E-state index contributed by atoms with van der Waals surface area (Å²) in [4.78, 5) is 7.25. The minimum absolute atomic E-state index is 0.0189. The number of alkyl halides is 6. The van der Waals surface area contributed by atoms with Gasteiger partial charge in [0.05, 0.1) is 33.1 Å². The molecule has 0 bridgehead atoms. The van der Waals surface area contributed by atoms with Crippen molar-refractivity contribution >= 4 is 65.9 Å². The molecule has 3 N–H and O–H groups in total. The summed E-state index contributed by atoms with van der Waals surface area (Å²) in [5.74, 6) is -0.313. The van der Waals surface area contributed by atoms with Crippen LogP contribution in [-0.4, -0.2) is 37.0 Å². The maximum atomic E-state index is 12.9. The Kier molecular flexibility index (Phi) is 8.13. The number of sulfonamides is 2. The summed E-state index contributed by atoms with van der Waals surface area (Å²) >= 11 is 11.6. The highest BCUT2D eigenvalue weighted by atomic mass is 35.5. The summed E-state index contributed by atoms with van der Waals surface area (Å²) in [5, 5.41) is 5.02. The molecule has 3 aromatic carbocycles. The molecule has 0 radical (unpaired) electrons. The van der Waals surface area contributed by atoms with Crippen molar-refractivity contribution < 1.29 is 43.2 Å². The minimum Gasteiger partial charge on any atom is -0.280 e. The molecule has 5 rings (SSSR count). The van der Waals surface area contributed by atoms with Crippen LogP contribution in [0.3, 0.4) is 0 Å². The highest BCUT2D eigenvalue weighted by Crippen LogP contribution is 2.35. The molecule has 0 amide bonds. The number of aromatic amines is 1. The Hall–Kier alpha value is -4.13. The van der Waals surface area contributed by atoms with Gasteiger partial charge in [-0.25, -0.2) is 26.8 Å². The van der Waals surface area contributed by atoms with Crippen LogP contribution in [0.25, 0.3) is 22.4 Å². The van der Waals surface area contributed by atoms with E-state index in [1.54, 1.807) is 0 Å². The molecule has 0 aliphatic carbocycles. The van der Waals surface area contributed by atoms with E-state index in [4.69, 9.17) is 23.2 Å². The van der Waals surface area contributed by atoms with Crippen molar-refractivity contribution in [3.8, 4) is 11.3 Å². The average molecular weight is 711 g/mol. The van der Waals surface area contributed by atoms with Crippen molar-refractivity contribution in [1.82, 2.24) is 20.2 Å². The topological polar surface area (TPSA) is 147 Å². The Morgan fingerprint density at radius 3 is 1.71 bits per heavy atom. The molecule has 0 unspecified atom stereocenters. The van der Waals surface area contributed by atoms with Crippen LogP contribution >= 0.6 is 23.2 Å². The molecule has 236 valence electrons. The van der Waals surface area contributed by atoms with E-state index in [2.05, 4.69) is 29.6 Å². The quantitative estimate of drug-likeness (QED) is 0.155. The summed E-state index contributed by atoms with van der Waals surface area (Å²) in [6, 6.07) is 9.17. The van der Waals surface area contributed by atoms with Gasteiger partial charge >= 0.3 is 12.4 Å². The van der Waals surface area contributed by atoms with Gasteiger partial charge in [0.15, 0.2) is 17.0 Å². The number of fused-ring (bicyclic) bond motifs is 1. The van der Waals surface area contributed by atoms with Gasteiger partial charge in [-0.2, -0.15) is 31.4 Å². The number of H-pyrrole nitrogens is 1. The van der Waals surface area contributed by atoms with Crippen LogP contribution in [0.5, 0.6) is 0 Å². The average Bonchev–Trinajstić information content (AvgIpc) is 3.33. The molecule has 10 nitrogen and oxygen atoms in total. The Morgan fingerprint density at radius 2 is 1.22 bits per heavy atom. The fourth-order valence-electron chi connectivity index (χ4n) is 3.90. The zero-order valence-electron chi connectivity index (χ0n) is 21.7. The molecule has 20 heteroatoms. The molecule has 0 aliphatic rings. The molecule has 0 saturated carbocycles. The lowest BCUT2D eigenvalue weighted by molar-refractivity contribution is -0.138. The number of halogens is 8. The number of nitrogens with zero attached hydrogens (tertiary/aromatic N) is 3. The summed E-state index contributed by atoms with van der Waals surface area (Å²) in [6.45, 7) is 0. The SMILES string of the molecule is O=S(=O)(Nc1ccc(-c2cnc3c(NS(=O)(=O)c4ccc(C(F)(F)F)cc4Cl)n[nH]c3n2)cc1)c1ccc(C(F)(F)F)cc1Cl. The summed E-state index contributed by atoms with van der Waals surface area (Å²) in [5.41, 5.74) is -1.56. The third-order valence-corrected chi connectivity index (χ3v) is 9.72. The molecule has 0 aliphatic heterocycles. The largest absolute Gasteiger partial charge is 0.416 e. The molecule has 0 atom stereocenters. The predicted octanol–water partition coefficient (Wildman–Crippen LogP) is 6.97. The summed E-state index contributed by atoms with van der Waals surface area (Å²) < 4.78 is 133. The van der Waals surface area contributed by atoms with Crippen LogP contribution in [0, 0.1) is 0 Å². The minimum atomic E-state index is -4.73. The van der Waals surface area contributed by atoms with Crippen molar-refractivity contribution in [2.45, 2.75) is 22.1 Å². The Morgan fingerprint density at radius 1 is 0.711 bits per heavy atom. The van der Waals surface area contributed by atoms with E-state index in [9.17, 15) is 43.2 Å². The Bertz CT molecular complexity index is 2160. The molecule has 2 heterocycles. The van der Waals surface area contributed by atoms with Crippen LogP contribution in [0.15, 0.2) is 76.7 Å². The van der Waals surface area contributed by atoms with Crippen LogP contribution in [0.2, 0.25) is 10.0 Å². The predicted molar refractivity (Wildman–Crippen MR) is 152 cm³/mol. The number of anilines is 2. The van der Waals surface area contributed by atoms with Gasteiger partial charge in [0.1, 0.15) is 9.79 Å². The van der Waals surface area contributed by atoms with E-state index >= 15 is 0 Å². The Balaban J connectivity index is 1.34. The van der Waals surface area contributed by atoms with Crippen LogP contribution in [0.4, 0.5) is 37.8 Å². The highest BCUT2D eigenvalue weighted by molar-refractivity contribution is 7.93. The second-order valence-electron chi connectivity index (χ2n) is 9.10. The van der Waals surface area contributed by atoms with E-state index in [0.29, 0.717) is 35.9 Å². The maximum Gasteiger partial charge on any atom is 0.416 e. The van der Waals surface area contributed by atoms with Gasteiger partial charge in [-0.05, 0) is 48.5 Å². The Labute approximate surface area is 259 Å². The molecule has 2 aromatic heterocycles. The van der Waals surface area contributed by atoms with Crippen LogP contribution in [-0.2, 0) is 32.4 Å². The second-order valence-corrected chi connectivity index (χ2v) is 13.2. The molecular weight excluding hydrogens is 697 g/mol. The third-order valence-electron chi connectivity index (χ3n) is 6.03. The van der Waals surface area contributed by atoms with Gasteiger partial charge in [0.25, 0.3) is 20.0 Å². The number of benzene rings is 3. The second kappa shape index (κ2) is 11.3. The zero-order valence-corrected chi connectivity index (χ0v) is 24.8. The van der Waals surface area contributed by atoms with E-state index in [1.807, 2.05) is 0 Å². The molecule has 5 aromatic rings. The molecule has 0 saturated heterocycles. The van der Waals surface area contributed by atoms with Gasteiger partial charge in [0.2, 0.25) is 0 Å². The number of hydrogen-bond acceptors (Lipinski definition) is 7. The van der Waals surface area contributed by atoms with Crippen molar-refractivity contribution in [2.75, 3.05) is 9.44 Å². The van der Waals surface area contributed by atoms with Crippen molar-refractivity contribution in [1.29, 1.82) is 0 Å². The van der Waals surface area contributed by atoms with Gasteiger partial charge < -0.3 is 0 Å². The first kappa shape index (κ1) is 32.3. The normalized spacial score (nSPS) is 12.8. The summed E-state index contributed by atoms with van der Waals surface area (Å²) in [6.07, 6.45) is -8.19. The molecule has 0 fully saturated rings. The van der Waals surface area contributed by atoms with Gasteiger partial charge in [-0.3, -0.25) is 14.5 Å². The first-order valence-corrected chi connectivity index (χ1v) is 15.7. The van der Waals surface area contributed by atoms with Gasteiger partial charge in [0, 0.05) is 11.3 Å². The lowest BCUT2D eigenvalue weighted by Gasteiger charge is -2.12. The van der Waals surface area contributed by atoms with Crippen molar-refractivity contribution in [3.05, 3.63) is 88.0 Å². The van der Waals surface area contributed by atoms with Gasteiger partial charge in [-0.15, -0.1) is 0 Å². The highest BCUT2D eigenvalue weighted by Gasteiger charge is 2.33. The van der Waals surface area contributed by atoms with E-state index < -0.39 is 63.4 Å². The fraction of sp³-hybridized carbons (Fsp3) is 0.0800. The number of hydrogen-bond donors (Lipinski definition) is 3.